The van der Waals surface area contributed by atoms with Crippen LogP contribution in [-0.2, 0) is 0 Å². The molecule has 1 heterocycles. The van der Waals surface area contributed by atoms with E-state index in [0.29, 0.717) is 0 Å². The zero-order valence-electron chi connectivity index (χ0n) is 9.39. The number of nitrogens with zero attached hydrogens (tertiary/aromatic N) is 3. The fourth-order valence-electron chi connectivity index (χ4n) is 1.56. The molecule has 0 spiro atoms. The molecule has 0 amide bonds. The van der Waals surface area contributed by atoms with Gasteiger partial charge in [-0.1, -0.05) is 0 Å². The molecule has 0 radical (unpaired) electrons. The van der Waals surface area contributed by atoms with E-state index in [1.807, 2.05) is 32.4 Å². The van der Waals surface area contributed by atoms with E-state index in [9.17, 15) is 10.1 Å². The van der Waals surface area contributed by atoms with E-state index in [0.717, 1.165) is 23.2 Å². The van der Waals surface area contributed by atoms with Crippen LogP contribution in [0, 0.1) is 24.0 Å². The predicted octanol–water partition coefficient (Wildman–Crippen LogP) is 2.33. The Morgan fingerprint density at radius 2 is 2.07 bits per heavy atom. The van der Waals surface area contributed by atoms with Crippen LogP contribution in [-0.4, -0.2) is 14.7 Å². The van der Waals surface area contributed by atoms with Crippen molar-refractivity contribution >= 4 is 6.08 Å². The lowest BCUT2D eigenvalue weighted by Crippen LogP contribution is -2.04. The lowest BCUT2D eigenvalue weighted by atomic mass is 10.2. The van der Waals surface area contributed by atoms with E-state index in [4.69, 9.17) is 0 Å². The van der Waals surface area contributed by atoms with Gasteiger partial charge in [0.2, 0.25) is 6.20 Å². The highest BCUT2D eigenvalue weighted by molar-refractivity contribution is 5.53. The molecule has 1 rings (SSSR count). The highest BCUT2D eigenvalue weighted by atomic mass is 16.6. The van der Waals surface area contributed by atoms with Crippen LogP contribution >= 0.6 is 0 Å². The van der Waals surface area contributed by atoms with Gasteiger partial charge in [0, 0.05) is 23.4 Å². The minimum Gasteiger partial charge on any atom is -0.267 e. The summed E-state index contributed by atoms with van der Waals surface area (Å²) in [6.45, 7) is 7.83. The van der Waals surface area contributed by atoms with Crippen molar-refractivity contribution in [1.82, 2.24) is 9.78 Å². The smallest absolute Gasteiger partial charge is 0.235 e. The number of hydrogen-bond donors (Lipinski definition) is 0. The Kier molecular flexibility index (Phi) is 3.24. The van der Waals surface area contributed by atoms with E-state index < -0.39 is 4.92 Å². The molecular weight excluding hydrogens is 194 g/mol. The lowest BCUT2D eigenvalue weighted by molar-refractivity contribution is -0.400. The first kappa shape index (κ1) is 11.4. The molecule has 0 atom stereocenters. The zero-order valence-corrected chi connectivity index (χ0v) is 9.39. The Morgan fingerprint density at radius 3 is 2.47 bits per heavy atom. The lowest BCUT2D eigenvalue weighted by Gasteiger charge is -2.07. The van der Waals surface area contributed by atoms with Crippen LogP contribution in [0.4, 0.5) is 0 Å². The average Bonchev–Trinajstić information content (AvgIpc) is 2.39. The largest absolute Gasteiger partial charge is 0.267 e. The molecule has 15 heavy (non-hydrogen) atoms. The maximum absolute atomic E-state index is 10.2. The second kappa shape index (κ2) is 4.25. The Morgan fingerprint density at radius 1 is 1.47 bits per heavy atom. The summed E-state index contributed by atoms with van der Waals surface area (Å²) < 4.78 is 1.87. The topological polar surface area (TPSA) is 61.0 Å². The molecule has 0 fully saturated rings. The third-order valence-corrected chi connectivity index (χ3v) is 2.23. The summed E-state index contributed by atoms with van der Waals surface area (Å²) >= 11 is 0. The summed E-state index contributed by atoms with van der Waals surface area (Å²) in [7, 11) is 0. The highest BCUT2D eigenvalue weighted by Crippen LogP contribution is 2.18. The average molecular weight is 209 g/mol. The van der Waals surface area contributed by atoms with Crippen LogP contribution in [0.1, 0.15) is 36.8 Å². The fourth-order valence-corrected chi connectivity index (χ4v) is 1.56. The van der Waals surface area contributed by atoms with Gasteiger partial charge in [0.1, 0.15) is 0 Å². The molecule has 0 aliphatic heterocycles. The maximum Gasteiger partial charge on any atom is 0.235 e. The Hall–Kier alpha value is -1.65. The number of hydrogen-bond acceptors (Lipinski definition) is 3. The van der Waals surface area contributed by atoms with Gasteiger partial charge in [0.15, 0.2) is 0 Å². The van der Waals surface area contributed by atoms with Gasteiger partial charge in [-0.25, -0.2) is 0 Å². The van der Waals surface area contributed by atoms with Crippen molar-refractivity contribution in [1.29, 1.82) is 0 Å². The molecule has 5 heteroatoms. The van der Waals surface area contributed by atoms with Crippen molar-refractivity contribution in [2.75, 3.05) is 0 Å². The van der Waals surface area contributed by atoms with Crippen LogP contribution in [0.5, 0.6) is 0 Å². The van der Waals surface area contributed by atoms with Gasteiger partial charge < -0.3 is 0 Å². The van der Waals surface area contributed by atoms with Crippen molar-refractivity contribution in [3.63, 3.8) is 0 Å². The zero-order chi connectivity index (χ0) is 11.6. The first-order valence-electron chi connectivity index (χ1n) is 4.81. The predicted molar refractivity (Wildman–Crippen MR) is 58.1 cm³/mol. The van der Waals surface area contributed by atoms with E-state index in [1.165, 1.54) is 6.08 Å². The third kappa shape index (κ3) is 2.43. The van der Waals surface area contributed by atoms with Crippen molar-refractivity contribution in [3.8, 4) is 0 Å². The van der Waals surface area contributed by atoms with E-state index in [1.54, 1.807) is 0 Å². The molecule has 0 unspecified atom stereocenters. The standard InChI is InChI=1S/C10H15N3O2/c1-7(2)13-9(4)10(8(3)11-13)5-6-12(14)15/h5-7H,1-4H3/b6-5+. The summed E-state index contributed by atoms with van der Waals surface area (Å²) in [5.41, 5.74) is 2.61. The monoisotopic (exact) mass is 209 g/mol. The number of aromatic nitrogens is 2. The summed E-state index contributed by atoms with van der Waals surface area (Å²) in [6.07, 6.45) is 2.44. The van der Waals surface area contributed by atoms with Crippen molar-refractivity contribution in [2.45, 2.75) is 33.7 Å². The SMILES string of the molecule is Cc1nn(C(C)C)c(C)c1/C=C/[N+](=O)[O-]. The second-order valence-electron chi connectivity index (χ2n) is 3.72. The number of rotatable bonds is 3. The molecule has 5 nitrogen and oxygen atoms in total. The van der Waals surface area contributed by atoms with E-state index >= 15 is 0 Å². The maximum atomic E-state index is 10.2. The Bertz CT molecular complexity index is 405. The van der Waals surface area contributed by atoms with Gasteiger partial charge in [-0.15, -0.1) is 0 Å². The van der Waals surface area contributed by atoms with Gasteiger partial charge in [-0.2, -0.15) is 5.10 Å². The summed E-state index contributed by atoms with van der Waals surface area (Å²) in [5, 5.41) is 14.6. The molecule has 82 valence electrons. The molecule has 0 saturated carbocycles. The quantitative estimate of drug-likeness (QED) is 0.567. The molecule has 0 N–H and O–H groups in total. The molecule has 0 saturated heterocycles. The summed E-state index contributed by atoms with van der Waals surface area (Å²) in [6, 6.07) is 0.265. The van der Waals surface area contributed by atoms with Gasteiger partial charge in [-0.3, -0.25) is 14.8 Å². The minimum atomic E-state index is -0.467. The van der Waals surface area contributed by atoms with Crippen molar-refractivity contribution in [3.05, 3.63) is 33.3 Å². The van der Waals surface area contributed by atoms with Crippen LogP contribution in [0.2, 0.25) is 0 Å². The number of aryl methyl sites for hydroxylation is 1. The molecule has 1 aromatic rings. The number of nitro groups is 1. The molecule has 0 bridgehead atoms. The minimum absolute atomic E-state index is 0.265. The van der Waals surface area contributed by atoms with E-state index in [2.05, 4.69) is 5.10 Å². The van der Waals surface area contributed by atoms with E-state index in [-0.39, 0.29) is 6.04 Å². The van der Waals surface area contributed by atoms with Crippen molar-refractivity contribution in [2.24, 2.45) is 0 Å². The first-order chi connectivity index (χ1) is 6.93. The Labute approximate surface area is 88.6 Å². The molecular formula is C10H15N3O2. The van der Waals surface area contributed by atoms with Gasteiger partial charge in [0.05, 0.1) is 10.6 Å². The summed E-state index contributed by atoms with van der Waals surface area (Å²) in [5.74, 6) is 0. The Balaban J connectivity index is 3.14. The van der Waals surface area contributed by atoms with Crippen molar-refractivity contribution < 1.29 is 4.92 Å². The summed E-state index contributed by atoms with van der Waals surface area (Å²) in [4.78, 5) is 9.76. The van der Waals surface area contributed by atoms with Crippen LogP contribution in [0.15, 0.2) is 6.20 Å². The van der Waals surface area contributed by atoms with Gasteiger partial charge >= 0.3 is 0 Å². The van der Waals surface area contributed by atoms with Gasteiger partial charge in [0.25, 0.3) is 0 Å². The molecule has 0 aliphatic carbocycles. The van der Waals surface area contributed by atoms with Crippen LogP contribution in [0.3, 0.4) is 0 Å². The fraction of sp³-hybridized carbons (Fsp3) is 0.500. The first-order valence-corrected chi connectivity index (χ1v) is 4.81. The molecule has 1 aromatic heterocycles. The van der Waals surface area contributed by atoms with Gasteiger partial charge in [-0.05, 0) is 27.7 Å². The van der Waals surface area contributed by atoms with Crippen LogP contribution in [0.25, 0.3) is 6.08 Å². The third-order valence-electron chi connectivity index (χ3n) is 2.23. The van der Waals surface area contributed by atoms with Crippen LogP contribution < -0.4 is 0 Å². The second-order valence-corrected chi connectivity index (χ2v) is 3.72. The highest BCUT2D eigenvalue weighted by Gasteiger charge is 2.11. The molecule has 0 aliphatic rings. The molecule has 0 aromatic carbocycles. The normalized spacial score (nSPS) is 11.5.